The van der Waals surface area contributed by atoms with Crippen LogP contribution in [0, 0.1) is 0 Å². The second-order valence-corrected chi connectivity index (χ2v) is 22.2. The first-order chi connectivity index (χ1) is 38.9. The third-order valence-corrected chi connectivity index (χ3v) is 17.0. The van der Waals surface area contributed by atoms with Crippen molar-refractivity contribution >= 4 is 23.9 Å². The molecule has 0 saturated heterocycles. The third-order valence-electron chi connectivity index (χ3n) is 17.0. The molecule has 4 aliphatic heterocycles. The Labute approximate surface area is 583 Å². The fourth-order valence-electron chi connectivity index (χ4n) is 13.1. The largest absolute Gasteiger partial charge is 1.00 e. The zero-order valence-corrected chi connectivity index (χ0v) is 58.9. The predicted octanol–water partition coefficient (Wildman–Crippen LogP) is -1.65. The van der Waals surface area contributed by atoms with E-state index < -0.39 is 97.0 Å². The molecular weight excluding hydrogens is 1120 g/mol. The molecule has 4 aromatic rings. The van der Waals surface area contributed by atoms with Crippen molar-refractivity contribution in [1.29, 1.82) is 0 Å². The van der Waals surface area contributed by atoms with Crippen LogP contribution in [0.4, 0.5) is 0 Å². The maximum absolute atomic E-state index is 14.0. The number of aromatic carboxylic acids is 4. The monoisotopic (exact) mass is 1190 g/mol. The van der Waals surface area contributed by atoms with Gasteiger partial charge in [0.05, 0.1) is 46.1 Å². The summed E-state index contributed by atoms with van der Waals surface area (Å²) < 4.78 is 51.3. The van der Waals surface area contributed by atoms with Crippen LogP contribution < -0.4 is 177 Å². The van der Waals surface area contributed by atoms with E-state index in [0.717, 1.165) is 103 Å². The van der Waals surface area contributed by atoms with Gasteiger partial charge in [-0.3, -0.25) is 0 Å². The van der Waals surface area contributed by atoms with Crippen LogP contribution in [0.3, 0.4) is 0 Å². The molecule has 16 nitrogen and oxygen atoms in total. The van der Waals surface area contributed by atoms with Crippen LogP contribution in [0.2, 0.25) is 0 Å². The molecule has 0 fully saturated rings. The molecule has 4 aromatic carbocycles. The molecule has 4 heterocycles. The van der Waals surface area contributed by atoms with Gasteiger partial charge in [0.15, 0.2) is 0 Å². The fraction of sp³-hybridized carbons (Fsp3) is 0.562. The quantitative estimate of drug-likeness (QED) is 0.0458. The average molecular weight is 1190 g/mol. The molecule has 0 unspecified atom stereocenters. The average Bonchev–Trinajstić information content (AvgIpc) is 2.02. The van der Waals surface area contributed by atoms with Gasteiger partial charge in [-0.15, -0.1) is 0 Å². The maximum Gasteiger partial charge on any atom is 1.00 e. The van der Waals surface area contributed by atoms with Gasteiger partial charge in [-0.25, -0.2) is 0 Å². The van der Waals surface area contributed by atoms with E-state index >= 15 is 0 Å². The summed E-state index contributed by atoms with van der Waals surface area (Å²) in [5.41, 5.74) is 1.74. The number of rotatable bonds is 28. The topological polar surface area (TPSA) is 234 Å². The molecule has 0 atom stereocenters. The van der Waals surface area contributed by atoms with E-state index in [0.29, 0.717) is 95.9 Å². The normalized spacial score (nSPS) is 17.1. The Morgan fingerprint density at radius 1 is 0.298 bits per heavy atom. The van der Waals surface area contributed by atoms with Crippen LogP contribution in [0.1, 0.15) is 291 Å². The Hall–Kier alpha value is -2.84. The van der Waals surface area contributed by atoms with Crippen LogP contribution in [-0.2, 0) is 0 Å². The van der Waals surface area contributed by atoms with Gasteiger partial charge in [0, 0.05) is 68.2 Å². The van der Waals surface area contributed by atoms with Gasteiger partial charge in [0.1, 0.15) is 46.0 Å². The van der Waals surface area contributed by atoms with E-state index in [2.05, 4.69) is 27.7 Å². The molecule has 0 radical (unpaired) electrons. The minimum Gasteiger partial charge on any atom is -0.545 e. The van der Waals surface area contributed by atoms with Crippen LogP contribution in [0.15, 0.2) is 24.3 Å². The molecule has 432 valence electrons. The van der Waals surface area contributed by atoms with Crippen molar-refractivity contribution in [1.82, 2.24) is 0 Å². The Kier molecular flexibility index (Phi) is 29.3. The number of carboxylic acid groups (broad SMARTS) is 4. The van der Waals surface area contributed by atoms with Gasteiger partial charge in [0.2, 0.25) is 27.2 Å². The van der Waals surface area contributed by atoms with Crippen LogP contribution in [0.5, 0.6) is 46.0 Å². The first-order valence-electron chi connectivity index (χ1n) is 29.7. The van der Waals surface area contributed by atoms with Gasteiger partial charge >= 0.3 is 118 Å². The van der Waals surface area contributed by atoms with Crippen molar-refractivity contribution in [2.75, 3.05) is 27.2 Å². The van der Waals surface area contributed by atoms with E-state index in [1.54, 1.807) is 0 Å². The van der Waals surface area contributed by atoms with E-state index in [9.17, 15) is 39.6 Å². The summed E-state index contributed by atoms with van der Waals surface area (Å²) in [5, 5.41) is 56.2. The van der Waals surface area contributed by atoms with Crippen LogP contribution in [-0.4, -0.2) is 51.0 Å². The molecule has 5 aliphatic rings. The Morgan fingerprint density at radius 3 is 0.595 bits per heavy atom. The second kappa shape index (κ2) is 34.2. The summed E-state index contributed by atoms with van der Waals surface area (Å²) in [6.07, 6.45) is 18.7. The van der Waals surface area contributed by atoms with Gasteiger partial charge in [-0.05, 0) is 49.9 Å². The van der Waals surface area contributed by atoms with E-state index in [1.165, 1.54) is 0 Å². The number of carbonyl (C=O) groups excluding carboxylic acids is 4. The van der Waals surface area contributed by atoms with Gasteiger partial charge in [-0.1, -0.05) is 156 Å². The summed E-state index contributed by atoms with van der Waals surface area (Å²) in [6.45, 7) is 5.89. The van der Waals surface area contributed by atoms with Gasteiger partial charge in [-0.2, -0.15) is 0 Å². The number of carbonyl (C=O) groups is 4. The van der Waals surface area contributed by atoms with Gasteiger partial charge < -0.3 is 77.5 Å². The summed E-state index contributed by atoms with van der Waals surface area (Å²) >= 11 is 0. The Morgan fingerprint density at radius 2 is 0.452 bits per heavy atom. The smallest absolute Gasteiger partial charge is 0.545 e. The predicted molar refractivity (Wildman–Crippen MR) is 288 cm³/mol. The molecule has 0 amide bonds. The molecule has 0 N–H and O–H groups in total. The number of benzene rings is 4. The Bertz CT molecular complexity index is 2440. The third kappa shape index (κ3) is 15.4. The molecule has 0 spiro atoms. The van der Waals surface area contributed by atoms with Gasteiger partial charge in [0.25, 0.3) is 0 Å². The maximum atomic E-state index is 14.0. The van der Waals surface area contributed by atoms with Crippen molar-refractivity contribution in [3.63, 3.8) is 0 Å². The number of hydrogen-bond acceptors (Lipinski definition) is 16. The Balaban J connectivity index is 0.00000323. The molecule has 0 aromatic heterocycles. The SMILES string of the molecule is CCCCCCCC1c2cc3c4c(C(=O)[O-])c2OCOc2c1cc1c(c2C(=O)[O-])OCOc2c(cc5c(c2C(=O)[O-])OCOc2c(cc(c(c2C(=O)[O-])OCO4)C3CCCCCCC)C5CCCCCCC)C1CCCCCCC.[Na+].[Na+].[Na+].[Na+]. The molecule has 9 rings (SSSR count). The second-order valence-electron chi connectivity index (χ2n) is 22.2. The van der Waals surface area contributed by atoms with Crippen molar-refractivity contribution in [3.8, 4) is 46.0 Å². The molecule has 1 aliphatic carbocycles. The minimum absolute atomic E-state index is 0. The minimum atomic E-state index is -1.60. The first-order valence-corrected chi connectivity index (χ1v) is 29.7. The fourth-order valence-corrected chi connectivity index (χ4v) is 13.1. The zero-order chi connectivity index (χ0) is 56.5. The molecule has 8 bridgehead atoms. The van der Waals surface area contributed by atoms with E-state index in [1.807, 2.05) is 24.3 Å². The molecule has 20 heteroatoms. The summed E-state index contributed by atoms with van der Waals surface area (Å²) in [6, 6.07) is 7.56. The number of unbranched alkanes of at least 4 members (excludes halogenated alkanes) is 16. The van der Waals surface area contributed by atoms with E-state index in [4.69, 9.17) is 37.9 Å². The van der Waals surface area contributed by atoms with Crippen molar-refractivity contribution in [3.05, 3.63) is 91.0 Å². The van der Waals surface area contributed by atoms with Crippen molar-refractivity contribution < 1.29 is 196 Å². The first kappa shape index (κ1) is 71.9. The summed E-state index contributed by atoms with van der Waals surface area (Å²) in [5.74, 6) is -10.3. The van der Waals surface area contributed by atoms with Crippen molar-refractivity contribution in [2.24, 2.45) is 0 Å². The molecular formula is C64H76Na4O16. The van der Waals surface area contributed by atoms with Crippen LogP contribution >= 0.6 is 0 Å². The summed E-state index contributed by atoms with van der Waals surface area (Å²) in [4.78, 5) is 56.2. The molecule has 0 saturated carbocycles. The standard InChI is InChI=1S/C64H80O16.4Na/c1-5-9-13-17-21-25-37-41-29-43-38(26-22-18-14-10-6-2)45-31-47-40(28-24-20-16-12-8-4)48-32-46-39(27-23-19-15-11-7-3)44-30-42(37)54-50(62(67)68)56(44)76-35-78-58(46)52(64(71)72)60(48)80-36-79-59(47)51(63(69)70)57(45)77-34-75-55(43)49(61(65)66)53(41)73-33-74-54;;;;/h29-32,37-40H,5-28,33-36H2,1-4H3,(H,65,66)(H,67,68)(H,69,70)(H,71,72);;;;/q;4*+1/p-4. The number of ether oxygens (including phenoxy) is 8. The zero-order valence-electron chi connectivity index (χ0n) is 50.9. The summed E-state index contributed by atoms with van der Waals surface area (Å²) in [7, 11) is 0. The van der Waals surface area contributed by atoms with E-state index in [-0.39, 0.29) is 164 Å². The van der Waals surface area contributed by atoms with Crippen molar-refractivity contribution in [2.45, 2.75) is 205 Å². The van der Waals surface area contributed by atoms with Crippen LogP contribution in [0.25, 0.3) is 0 Å². The number of hydrogen-bond donors (Lipinski definition) is 0. The number of carboxylic acids is 4. The molecule has 84 heavy (non-hydrogen) atoms.